The molecule has 1 amide bonds. The second-order valence-corrected chi connectivity index (χ2v) is 10.5. The summed E-state index contributed by atoms with van der Waals surface area (Å²) in [7, 11) is 8.80. The number of ether oxygens (including phenoxy) is 1. The Kier molecular flexibility index (Phi) is 10.3. The first-order valence-electron chi connectivity index (χ1n) is 13.2. The number of carbonyl (C=O) groups excluding carboxylic acids is 1. The zero-order valence-corrected chi connectivity index (χ0v) is 25.0. The zero-order valence-electron chi connectivity index (χ0n) is 25.0. The first-order chi connectivity index (χ1) is 19.6. The molecule has 0 saturated heterocycles. The van der Waals surface area contributed by atoms with Crippen LogP contribution in [0.5, 0.6) is 5.75 Å². The number of nitrogens with one attached hydrogen (secondary N) is 1. The fraction of sp³-hybridized carbons (Fsp3) is 0.379. The lowest BCUT2D eigenvalue weighted by molar-refractivity contribution is -0.137. The lowest BCUT2D eigenvalue weighted by Gasteiger charge is -2.23. The molecule has 0 fully saturated rings. The Bertz CT molecular complexity index is 1450. The predicted octanol–water partition coefficient (Wildman–Crippen LogP) is 3.95. The quantitative estimate of drug-likeness (QED) is 0.228. The minimum atomic E-state index is -4.63. The molecule has 1 heterocycles. The number of rotatable bonds is 11. The monoisotopic (exact) mass is 588 g/mol. The number of aromatic nitrogens is 2. The lowest BCUT2D eigenvalue weighted by Crippen LogP contribution is -2.28. The molecule has 0 radical (unpaired) electrons. The fourth-order valence-electron chi connectivity index (χ4n) is 4.34. The van der Waals surface area contributed by atoms with Gasteiger partial charge in [-0.1, -0.05) is 6.07 Å². The molecule has 0 atom stereocenters. The van der Waals surface area contributed by atoms with Gasteiger partial charge in [0.2, 0.25) is 0 Å². The van der Waals surface area contributed by atoms with E-state index >= 15 is 0 Å². The van der Waals surface area contributed by atoms with E-state index in [9.17, 15) is 18.0 Å². The number of alkyl halides is 3. The van der Waals surface area contributed by atoms with Gasteiger partial charge in [0.15, 0.2) is 0 Å². The Labute approximate surface area is 244 Å². The number of benzene rings is 2. The summed E-state index contributed by atoms with van der Waals surface area (Å²) in [5, 5.41) is 8.09. The van der Waals surface area contributed by atoms with Crippen molar-refractivity contribution in [3.8, 4) is 5.75 Å². The van der Waals surface area contributed by atoms with Gasteiger partial charge in [0, 0.05) is 55.3 Å². The topological polar surface area (TPSA) is 118 Å². The van der Waals surface area contributed by atoms with E-state index in [0.29, 0.717) is 29.1 Å². The van der Waals surface area contributed by atoms with Crippen LogP contribution in [0.1, 0.15) is 38.3 Å². The second-order valence-electron chi connectivity index (χ2n) is 10.5. The Morgan fingerprint density at radius 1 is 1.14 bits per heavy atom. The number of methoxy groups -OCH3 is 1. The van der Waals surface area contributed by atoms with Crippen molar-refractivity contribution in [2.45, 2.75) is 26.6 Å². The molecular formula is C29H39F3N8O2. The van der Waals surface area contributed by atoms with Crippen molar-refractivity contribution in [1.29, 1.82) is 0 Å². The summed E-state index contributed by atoms with van der Waals surface area (Å²) in [5.74, 6) is 5.83. The van der Waals surface area contributed by atoms with E-state index in [4.69, 9.17) is 16.3 Å². The highest BCUT2D eigenvalue weighted by atomic mass is 19.4. The molecule has 5 N–H and O–H groups in total. The minimum Gasteiger partial charge on any atom is -0.494 e. The van der Waals surface area contributed by atoms with E-state index in [2.05, 4.69) is 10.4 Å². The van der Waals surface area contributed by atoms with E-state index in [1.54, 1.807) is 36.1 Å². The number of likely N-dealkylation sites (N-methyl/N-ethyl adjacent to an activating group) is 2. The number of hydrogen-bond donors (Lipinski definition) is 3. The molecule has 228 valence electrons. The number of hydrazine groups is 1. The van der Waals surface area contributed by atoms with Gasteiger partial charge >= 0.3 is 6.18 Å². The lowest BCUT2D eigenvalue weighted by atomic mass is 10.1. The maximum absolute atomic E-state index is 13.9. The molecule has 3 rings (SSSR count). The molecule has 1 aromatic heterocycles. The Hall–Kier alpha value is -4.07. The van der Waals surface area contributed by atoms with Crippen molar-refractivity contribution in [2.24, 2.45) is 18.6 Å². The highest BCUT2D eigenvalue weighted by Gasteiger charge is 2.33. The first-order valence-corrected chi connectivity index (χ1v) is 13.2. The van der Waals surface area contributed by atoms with Gasteiger partial charge in [-0.2, -0.15) is 18.3 Å². The van der Waals surface area contributed by atoms with E-state index in [1.807, 2.05) is 44.8 Å². The third-order valence-corrected chi connectivity index (χ3v) is 6.89. The third kappa shape index (κ3) is 7.81. The van der Waals surface area contributed by atoms with Crippen LogP contribution in [0.15, 0.2) is 42.7 Å². The van der Waals surface area contributed by atoms with Crippen LogP contribution >= 0.6 is 0 Å². The normalized spacial score (nSPS) is 12.3. The number of aryl methyl sites for hydroxylation is 2. The summed E-state index contributed by atoms with van der Waals surface area (Å²) in [6.45, 7) is 5.21. The van der Waals surface area contributed by atoms with E-state index in [1.165, 1.54) is 18.3 Å². The molecule has 0 bridgehead atoms. The molecule has 0 saturated carbocycles. The van der Waals surface area contributed by atoms with Crippen LogP contribution in [0.25, 0.3) is 5.70 Å². The van der Waals surface area contributed by atoms with Crippen molar-refractivity contribution < 1.29 is 22.7 Å². The molecule has 0 spiro atoms. The second kappa shape index (κ2) is 13.3. The standard InChI is InChI=1S/C29H39F3N8O2/c1-18-8-9-20(13-26(18)40(34)17-24(33)23-15-35-39(6)19(23)2)28(41)36-25-14-22(29(30,31)32)12-21(27(25)42-7)16-38(5)11-10-37(3)4/h8-9,12-15,17H,10-11,16,33-34H2,1-7H3,(H,36,41)/b24-17-. The van der Waals surface area contributed by atoms with Crippen LogP contribution in [0.2, 0.25) is 0 Å². The van der Waals surface area contributed by atoms with Crippen molar-refractivity contribution in [3.63, 3.8) is 0 Å². The zero-order chi connectivity index (χ0) is 31.4. The average molecular weight is 589 g/mol. The van der Waals surface area contributed by atoms with Gasteiger partial charge in [0.05, 0.1) is 35.9 Å². The summed E-state index contributed by atoms with van der Waals surface area (Å²) in [5.41, 5.74) is 8.91. The Morgan fingerprint density at radius 2 is 1.83 bits per heavy atom. The smallest absolute Gasteiger partial charge is 0.416 e. The number of anilines is 2. The number of hydrogen-bond acceptors (Lipinski definition) is 8. The van der Waals surface area contributed by atoms with Crippen LogP contribution in [-0.2, 0) is 19.8 Å². The largest absolute Gasteiger partial charge is 0.494 e. The number of amides is 1. The summed E-state index contributed by atoms with van der Waals surface area (Å²) < 4.78 is 48.8. The molecular weight excluding hydrogens is 549 g/mol. The van der Waals surface area contributed by atoms with Gasteiger partial charge in [-0.15, -0.1) is 0 Å². The van der Waals surface area contributed by atoms with Gasteiger partial charge in [0.1, 0.15) is 5.75 Å². The number of nitrogens with zero attached hydrogens (tertiary/aromatic N) is 5. The van der Waals surface area contributed by atoms with Crippen molar-refractivity contribution in [2.75, 3.05) is 51.7 Å². The molecule has 10 nitrogen and oxygen atoms in total. The van der Waals surface area contributed by atoms with Crippen LogP contribution in [0.4, 0.5) is 24.5 Å². The van der Waals surface area contributed by atoms with E-state index < -0.39 is 17.6 Å². The highest BCUT2D eigenvalue weighted by molar-refractivity contribution is 6.06. The van der Waals surface area contributed by atoms with Gasteiger partial charge in [-0.3, -0.25) is 14.5 Å². The Balaban J connectivity index is 1.94. The fourth-order valence-corrected chi connectivity index (χ4v) is 4.34. The molecule has 42 heavy (non-hydrogen) atoms. The highest BCUT2D eigenvalue weighted by Crippen LogP contribution is 2.38. The maximum Gasteiger partial charge on any atom is 0.416 e. The number of nitrogens with two attached hydrogens (primary N) is 2. The Morgan fingerprint density at radius 3 is 2.40 bits per heavy atom. The van der Waals surface area contributed by atoms with Crippen molar-refractivity contribution in [3.05, 3.63) is 76.2 Å². The van der Waals surface area contributed by atoms with Crippen molar-refractivity contribution >= 4 is 23.0 Å². The molecule has 0 aliphatic rings. The molecule has 0 unspecified atom stereocenters. The molecule has 0 aliphatic carbocycles. The predicted molar refractivity (Wildman–Crippen MR) is 159 cm³/mol. The van der Waals surface area contributed by atoms with Crippen LogP contribution in [-0.4, -0.2) is 66.8 Å². The number of halogens is 3. The summed E-state index contributed by atoms with van der Waals surface area (Å²) in [6.07, 6.45) is -1.48. The van der Waals surface area contributed by atoms with Gasteiger partial charge in [0.25, 0.3) is 5.91 Å². The van der Waals surface area contributed by atoms with Gasteiger partial charge < -0.3 is 25.6 Å². The minimum absolute atomic E-state index is 0.0868. The van der Waals surface area contributed by atoms with Gasteiger partial charge in [-0.05, 0) is 64.8 Å². The summed E-state index contributed by atoms with van der Waals surface area (Å²) >= 11 is 0. The third-order valence-electron chi connectivity index (χ3n) is 6.89. The van der Waals surface area contributed by atoms with Crippen molar-refractivity contribution in [1.82, 2.24) is 19.6 Å². The molecule has 2 aromatic carbocycles. The van der Waals surface area contributed by atoms with Crippen LogP contribution < -0.4 is 26.6 Å². The summed E-state index contributed by atoms with van der Waals surface area (Å²) in [4.78, 5) is 17.2. The van der Waals surface area contributed by atoms with Crippen LogP contribution in [0, 0.1) is 13.8 Å². The SMILES string of the molecule is COc1c(CN(C)CCN(C)C)cc(C(F)(F)F)cc1NC(=O)c1ccc(C)c(N(N)/C=C(\N)c2cnn(C)c2C)c1. The maximum atomic E-state index is 13.9. The van der Waals surface area contributed by atoms with Crippen LogP contribution in [0.3, 0.4) is 0 Å². The molecule has 3 aromatic rings. The number of carbonyl (C=O) groups is 1. The first kappa shape index (κ1) is 32.4. The van der Waals surface area contributed by atoms with Gasteiger partial charge in [-0.25, -0.2) is 5.84 Å². The molecule has 0 aliphatic heterocycles. The average Bonchev–Trinajstić information content (AvgIpc) is 3.24. The van der Waals surface area contributed by atoms with E-state index in [0.717, 1.165) is 29.9 Å². The van der Waals surface area contributed by atoms with E-state index in [-0.39, 0.29) is 23.5 Å². The molecule has 13 heteroatoms. The summed E-state index contributed by atoms with van der Waals surface area (Å²) in [6, 6.07) is 6.73.